The zero-order valence-electron chi connectivity index (χ0n) is 13.3. The summed E-state index contributed by atoms with van der Waals surface area (Å²) in [5.41, 5.74) is 0.817. The molecule has 4 nitrogen and oxygen atoms in total. The van der Waals surface area contributed by atoms with E-state index in [4.69, 9.17) is 4.74 Å². The Morgan fingerprint density at radius 3 is 2.81 bits per heavy atom. The highest BCUT2D eigenvalue weighted by atomic mass is 16.6. The van der Waals surface area contributed by atoms with Crippen LogP contribution in [0.25, 0.3) is 0 Å². The van der Waals surface area contributed by atoms with Crippen molar-refractivity contribution in [1.29, 1.82) is 0 Å². The quantitative estimate of drug-likeness (QED) is 0.869. The fourth-order valence-corrected chi connectivity index (χ4v) is 2.46. The van der Waals surface area contributed by atoms with Gasteiger partial charge in [-0.25, -0.2) is 4.79 Å². The number of ether oxygens (including phenoxy) is 1. The van der Waals surface area contributed by atoms with Gasteiger partial charge >= 0.3 is 6.09 Å². The van der Waals surface area contributed by atoms with E-state index in [9.17, 15) is 4.79 Å². The number of alkyl carbamates (subject to hydrolysis) is 1. The van der Waals surface area contributed by atoms with E-state index < -0.39 is 5.60 Å². The van der Waals surface area contributed by atoms with Crippen LogP contribution in [-0.4, -0.2) is 22.7 Å². The Balaban J connectivity index is 1.76. The summed E-state index contributed by atoms with van der Waals surface area (Å²) in [6.45, 7) is 5.67. The number of carbonyl (C=O) groups excluding carboxylic acids is 1. The first kappa shape index (κ1) is 15.8. The fourth-order valence-electron chi connectivity index (χ4n) is 2.46. The summed E-state index contributed by atoms with van der Waals surface area (Å²) in [7, 11) is 0. The van der Waals surface area contributed by atoms with Gasteiger partial charge in [-0.2, -0.15) is 0 Å². The van der Waals surface area contributed by atoms with E-state index in [0.29, 0.717) is 5.92 Å². The molecule has 1 aliphatic carbocycles. The van der Waals surface area contributed by atoms with Crippen molar-refractivity contribution in [3.8, 4) is 0 Å². The Bertz CT molecular complexity index is 450. The number of aryl methyl sites for hydroxylation is 1. The van der Waals surface area contributed by atoms with Gasteiger partial charge in [0.15, 0.2) is 0 Å². The van der Waals surface area contributed by atoms with Gasteiger partial charge in [0.2, 0.25) is 0 Å². The molecule has 1 heterocycles. The Labute approximate surface area is 127 Å². The molecular formula is C17H26N2O2. The van der Waals surface area contributed by atoms with Crippen LogP contribution in [0, 0.1) is 5.92 Å². The van der Waals surface area contributed by atoms with E-state index in [0.717, 1.165) is 19.3 Å². The first-order valence-electron chi connectivity index (χ1n) is 7.82. The summed E-state index contributed by atoms with van der Waals surface area (Å²) >= 11 is 0. The van der Waals surface area contributed by atoms with Gasteiger partial charge in [0, 0.05) is 18.4 Å². The van der Waals surface area contributed by atoms with Gasteiger partial charge in [0.1, 0.15) is 5.60 Å². The largest absolute Gasteiger partial charge is 0.444 e. The van der Waals surface area contributed by atoms with Gasteiger partial charge < -0.3 is 10.1 Å². The second-order valence-corrected chi connectivity index (χ2v) is 6.84. The van der Waals surface area contributed by atoms with Gasteiger partial charge in [-0.15, -0.1) is 0 Å². The number of amides is 1. The smallest absolute Gasteiger partial charge is 0.407 e. The maximum Gasteiger partial charge on any atom is 0.407 e. The van der Waals surface area contributed by atoms with E-state index >= 15 is 0 Å². The number of aromatic nitrogens is 1. The van der Waals surface area contributed by atoms with Crippen LogP contribution in [0.3, 0.4) is 0 Å². The van der Waals surface area contributed by atoms with Crippen LogP contribution in [0.15, 0.2) is 24.5 Å². The molecule has 116 valence electrons. The van der Waals surface area contributed by atoms with E-state index in [2.05, 4.69) is 16.4 Å². The SMILES string of the molecule is CC(C)(C)OC(=O)NC(CCCc1cccnc1)C1CC1. The minimum absolute atomic E-state index is 0.247. The van der Waals surface area contributed by atoms with E-state index in [1.54, 1.807) is 6.20 Å². The zero-order valence-corrected chi connectivity index (χ0v) is 13.3. The fraction of sp³-hybridized carbons (Fsp3) is 0.647. The zero-order chi connectivity index (χ0) is 15.3. The molecule has 1 amide bonds. The molecule has 1 fully saturated rings. The first-order valence-corrected chi connectivity index (χ1v) is 7.82. The summed E-state index contributed by atoms with van der Waals surface area (Å²) in [6, 6.07) is 4.31. The van der Waals surface area contributed by atoms with Crippen LogP contribution in [0.5, 0.6) is 0 Å². The van der Waals surface area contributed by atoms with Crippen molar-refractivity contribution in [3.63, 3.8) is 0 Å². The monoisotopic (exact) mass is 290 g/mol. The summed E-state index contributed by atoms with van der Waals surface area (Å²) in [6.07, 6.45) is 8.91. The molecule has 1 aromatic heterocycles. The van der Waals surface area contributed by atoms with Crippen molar-refractivity contribution < 1.29 is 9.53 Å². The lowest BCUT2D eigenvalue weighted by Gasteiger charge is -2.23. The minimum Gasteiger partial charge on any atom is -0.444 e. The Kier molecular flexibility index (Phi) is 5.21. The number of carbonyl (C=O) groups is 1. The highest BCUT2D eigenvalue weighted by Gasteiger charge is 2.32. The summed E-state index contributed by atoms with van der Waals surface area (Å²) < 4.78 is 5.35. The molecule has 0 aromatic carbocycles. The minimum atomic E-state index is -0.437. The Hall–Kier alpha value is -1.58. The van der Waals surface area contributed by atoms with Gasteiger partial charge in [0.05, 0.1) is 0 Å². The molecule has 1 N–H and O–H groups in total. The van der Waals surface area contributed by atoms with Crippen molar-refractivity contribution >= 4 is 6.09 Å². The second kappa shape index (κ2) is 6.92. The van der Waals surface area contributed by atoms with Crippen LogP contribution in [0.2, 0.25) is 0 Å². The number of hydrogen-bond acceptors (Lipinski definition) is 3. The Morgan fingerprint density at radius 2 is 2.24 bits per heavy atom. The molecule has 0 spiro atoms. The molecule has 1 aromatic rings. The topological polar surface area (TPSA) is 51.2 Å². The number of nitrogens with zero attached hydrogens (tertiary/aromatic N) is 1. The third kappa shape index (κ3) is 6.15. The highest BCUT2D eigenvalue weighted by molar-refractivity contribution is 5.68. The van der Waals surface area contributed by atoms with Crippen molar-refractivity contribution in [2.24, 2.45) is 5.92 Å². The van der Waals surface area contributed by atoms with Gasteiger partial charge in [-0.1, -0.05) is 6.07 Å². The van der Waals surface area contributed by atoms with Crippen LogP contribution >= 0.6 is 0 Å². The molecule has 2 rings (SSSR count). The molecular weight excluding hydrogens is 264 g/mol. The maximum atomic E-state index is 11.9. The van der Waals surface area contributed by atoms with Gasteiger partial charge in [-0.05, 0) is 70.4 Å². The third-order valence-electron chi connectivity index (χ3n) is 3.60. The summed E-state index contributed by atoms with van der Waals surface area (Å²) in [5.74, 6) is 0.631. The molecule has 0 aliphatic heterocycles. The van der Waals surface area contributed by atoms with E-state index in [1.165, 1.54) is 18.4 Å². The van der Waals surface area contributed by atoms with Gasteiger partial charge in [0.25, 0.3) is 0 Å². The molecule has 1 atom stereocenters. The number of rotatable bonds is 6. The van der Waals surface area contributed by atoms with Crippen molar-refractivity contribution in [2.45, 2.75) is 64.5 Å². The van der Waals surface area contributed by atoms with Crippen LogP contribution in [-0.2, 0) is 11.2 Å². The van der Waals surface area contributed by atoms with E-state index in [-0.39, 0.29) is 12.1 Å². The van der Waals surface area contributed by atoms with Gasteiger partial charge in [-0.3, -0.25) is 4.98 Å². The predicted octanol–water partition coefficient (Wildman–Crippen LogP) is 3.71. The van der Waals surface area contributed by atoms with Crippen LogP contribution in [0.1, 0.15) is 52.0 Å². The van der Waals surface area contributed by atoms with Crippen molar-refractivity contribution in [3.05, 3.63) is 30.1 Å². The lowest BCUT2D eigenvalue weighted by Crippen LogP contribution is -2.40. The van der Waals surface area contributed by atoms with Crippen molar-refractivity contribution in [2.75, 3.05) is 0 Å². The number of nitrogens with one attached hydrogen (secondary N) is 1. The molecule has 0 bridgehead atoms. The third-order valence-corrected chi connectivity index (χ3v) is 3.60. The average molecular weight is 290 g/mol. The van der Waals surface area contributed by atoms with Crippen LogP contribution < -0.4 is 5.32 Å². The molecule has 4 heteroatoms. The Morgan fingerprint density at radius 1 is 1.48 bits per heavy atom. The molecule has 1 aliphatic rings. The van der Waals surface area contributed by atoms with Crippen LogP contribution in [0.4, 0.5) is 4.79 Å². The maximum absolute atomic E-state index is 11.9. The number of hydrogen-bond donors (Lipinski definition) is 1. The highest BCUT2D eigenvalue weighted by Crippen LogP contribution is 2.34. The molecule has 21 heavy (non-hydrogen) atoms. The normalized spacial score (nSPS) is 16.3. The second-order valence-electron chi connectivity index (χ2n) is 6.84. The van der Waals surface area contributed by atoms with Crippen molar-refractivity contribution in [1.82, 2.24) is 10.3 Å². The molecule has 0 radical (unpaired) electrons. The summed E-state index contributed by atoms with van der Waals surface area (Å²) in [5, 5.41) is 3.04. The first-order chi connectivity index (χ1) is 9.94. The average Bonchev–Trinajstić information content (AvgIpc) is 3.21. The lowest BCUT2D eigenvalue weighted by atomic mass is 10.0. The molecule has 1 saturated carbocycles. The van der Waals surface area contributed by atoms with E-state index in [1.807, 2.05) is 33.0 Å². The molecule has 0 saturated heterocycles. The molecule has 1 unspecified atom stereocenters. The lowest BCUT2D eigenvalue weighted by molar-refractivity contribution is 0.0494. The number of pyridine rings is 1. The standard InChI is InChI=1S/C17H26N2O2/c1-17(2,3)21-16(20)19-15(14-9-10-14)8-4-6-13-7-5-11-18-12-13/h5,7,11-12,14-15H,4,6,8-10H2,1-3H3,(H,19,20). The summed E-state index contributed by atoms with van der Waals surface area (Å²) in [4.78, 5) is 16.0. The predicted molar refractivity (Wildman–Crippen MR) is 83.1 cm³/mol.